The first kappa shape index (κ1) is 14.3. The quantitative estimate of drug-likeness (QED) is 0.490. The maximum absolute atomic E-state index is 4.02. The molecule has 0 aliphatic carbocycles. The molecule has 4 aromatic rings. The van der Waals surface area contributed by atoms with Crippen molar-refractivity contribution in [1.29, 1.82) is 0 Å². The predicted octanol–water partition coefficient (Wildman–Crippen LogP) is 4.92. The number of rotatable bonds is 5. The summed E-state index contributed by atoms with van der Waals surface area (Å²) in [7, 11) is 0. The van der Waals surface area contributed by atoms with Crippen molar-refractivity contribution in [3.8, 4) is 0 Å². The van der Waals surface area contributed by atoms with E-state index >= 15 is 0 Å². The van der Waals surface area contributed by atoms with Gasteiger partial charge in [-0.1, -0.05) is 18.2 Å². The highest BCUT2D eigenvalue weighted by molar-refractivity contribution is 5.83. The number of hydrogen-bond acceptors (Lipinski definition) is 3. The maximum atomic E-state index is 4.02. The minimum absolute atomic E-state index is 0.793. The van der Waals surface area contributed by atoms with Gasteiger partial charge in [0, 0.05) is 53.1 Å². The third-order valence-corrected chi connectivity index (χ3v) is 4.01. The molecular weight excluding hydrogens is 296 g/mol. The Bertz CT molecular complexity index is 927. The molecule has 0 spiro atoms. The summed E-state index contributed by atoms with van der Waals surface area (Å²) in [6.07, 6.45) is 5.62. The first-order chi connectivity index (χ1) is 11.9. The number of nitrogens with zero attached hydrogens (tertiary/aromatic N) is 1. The summed E-state index contributed by atoms with van der Waals surface area (Å²) in [6, 6.07) is 20.5. The summed E-state index contributed by atoms with van der Waals surface area (Å²) in [5.74, 6) is 0. The fraction of sp³-hybridized carbons (Fsp3) is 0.0500. The number of fused-ring (bicyclic) bond motifs is 1. The maximum Gasteiger partial charge on any atom is 0.0457 e. The Balaban J connectivity index is 1.42. The lowest BCUT2D eigenvalue weighted by Gasteiger charge is -2.09. The average Bonchev–Trinajstić information content (AvgIpc) is 3.05. The molecular formula is C20H18N4. The van der Waals surface area contributed by atoms with Crippen LogP contribution in [0.25, 0.3) is 10.9 Å². The van der Waals surface area contributed by atoms with Gasteiger partial charge in [-0.3, -0.25) is 4.98 Å². The Hall–Kier alpha value is -3.27. The first-order valence-corrected chi connectivity index (χ1v) is 7.94. The molecule has 0 saturated carbocycles. The van der Waals surface area contributed by atoms with Crippen LogP contribution in [0.1, 0.15) is 5.56 Å². The van der Waals surface area contributed by atoms with Gasteiger partial charge in [0.2, 0.25) is 0 Å². The van der Waals surface area contributed by atoms with E-state index in [-0.39, 0.29) is 0 Å². The van der Waals surface area contributed by atoms with Crippen LogP contribution >= 0.6 is 0 Å². The molecule has 0 saturated heterocycles. The normalized spacial score (nSPS) is 10.7. The van der Waals surface area contributed by atoms with Crippen molar-refractivity contribution in [3.63, 3.8) is 0 Å². The topological polar surface area (TPSA) is 52.7 Å². The van der Waals surface area contributed by atoms with Crippen molar-refractivity contribution in [2.45, 2.75) is 6.54 Å². The number of H-pyrrole nitrogens is 1. The first-order valence-electron chi connectivity index (χ1n) is 7.94. The fourth-order valence-electron chi connectivity index (χ4n) is 2.75. The lowest BCUT2D eigenvalue weighted by molar-refractivity contribution is 1.16. The molecule has 0 amide bonds. The van der Waals surface area contributed by atoms with E-state index in [2.05, 4.69) is 69.3 Å². The fourth-order valence-corrected chi connectivity index (χ4v) is 2.75. The van der Waals surface area contributed by atoms with Crippen molar-refractivity contribution in [2.75, 3.05) is 10.6 Å². The Morgan fingerprint density at radius 1 is 0.792 bits per heavy atom. The molecule has 4 rings (SSSR count). The van der Waals surface area contributed by atoms with E-state index in [0.29, 0.717) is 0 Å². The van der Waals surface area contributed by atoms with Gasteiger partial charge in [0.15, 0.2) is 0 Å². The van der Waals surface area contributed by atoms with E-state index in [1.54, 1.807) is 12.4 Å². The smallest absolute Gasteiger partial charge is 0.0457 e. The zero-order valence-corrected chi connectivity index (χ0v) is 13.2. The van der Waals surface area contributed by atoms with E-state index in [1.165, 1.54) is 16.5 Å². The molecule has 2 aromatic carbocycles. The summed E-state index contributed by atoms with van der Waals surface area (Å²) < 4.78 is 0. The van der Waals surface area contributed by atoms with Crippen LogP contribution in [-0.4, -0.2) is 9.97 Å². The second-order valence-electron chi connectivity index (χ2n) is 5.65. The second-order valence-corrected chi connectivity index (χ2v) is 5.65. The standard InChI is InChI=1S/C20H18N4/c1-2-4-20-19(3-1)15(14-23-20)13-22-16-5-7-17(8-6-16)24-18-9-11-21-12-10-18/h1-12,14,22-23H,13H2,(H,21,24). The monoisotopic (exact) mass is 314 g/mol. The van der Waals surface area contributed by atoms with E-state index in [0.717, 1.165) is 23.6 Å². The minimum Gasteiger partial charge on any atom is -0.381 e. The van der Waals surface area contributed by atoms with Crippen LogP contribution in [0.4, 0.5) is 17.1 Å². The number of benzene rings is 2. The van der Waals surface area contributed by atoms with Crippen LogP contribution in [-0.2, 0) is 6.54 Å². The molecule has 0 radical (unpaired) electrons. The molecule has 0 unspecified atom stereocenters. The number of hydrogen-bond donors (Lipinski definition) is 3. The number of para-hydroxylation sites is 1. The van der Waals surface area contributed by atoms with Crippen molar-refractivity contribution < 1.29 is 0 Å². The molecule has 24 heavy (non-hydrogen) atoms. The lowest BCUT2D eigenvalue weighted by Crippen LogP contribution is -1.98. The van der Waals surface area contributed by atoms with Gasteiger partial charge < -0.3 is 15.6 Å². The van der Waals surface area contributed by atoms with E-state index in [9.17, 15) is 0 Å². The molecule has 2 heterocycles. The van der Waals surface area contributed by atoms with Crippen LogP contribution in [0, 0.1) is 0 Å². The van der Waals surface area contributed by atoms with Crippen molar-refractivity contribution >= 4 is 28.0 Å². The third-order valence-electron chi connectivity index (χ3n) is 4.01. The van der Waals surface area contributed by atoms with Crippen LogP contribution in [0.15, 0.2) is 79.3 Å². The van der Waals surface area contributed by atoms with Gasteiger partial charge in [-0.2, -0.15) is 0 Å². The molecule has 118 valence electrons. The summed E-state index contributed by atoms with van der Waals surface area (Å²) in [4.78, 5) is 7.32. The highest BCUT2D eigenvalue weighted by Gasteiger charge is 2.02. The van der Waals surface area contributed by atoms with Gasteiger partial charge in [-0.25, -0.2) is 0 Å². The molecule has 2 aromatic heterocycles. The largest absolute Gasteiger partial charge is 0.381 e. The van der Waals surface area contributed by atoms with Gasteiger partial charge >= 0.3 is 0 Å². The Kier molecular flexibility index (Phi) is 3.86. The molecule has 0 atom stereocenters. The highest BCUT2D eigenvalue weighted by Crippen LogP contribution is 2.21. The Morgan fingerprint density at radius 3 is 2.33 bits per heavy atom. The van der Waals surface area contributed by atoms with Crippen LogP contribution < -0.4 is 10.6 Å². The van der Waals surface area contributed by atoms with Crippen molar-refractivity contribution in [2.24, 2.45) is 0 Å². The SMILES string of the molecule is c1ccc2c(CNc3ccc(Nc4ccncc4)cc3)c[nH]c2c1. The van der Waals surface area contributed by atoms with Gasteiger partial charge in [-0.05, 0) is 48.0 Å². The number of anilines is 3. The third kappa shape index (κ3) is 3.08. The molecule has 0 aliphatic rings. The number of aromatic nitrogens is 2. The zero-order chi connectivity index (χ0) is 16.2. The minimum atomic E-state index is 0.793. The average molecular weight is 314 g/mol. The number of nitrogens with one attached hydrogen (secondary N) is 3. The summed E-state index contributed by atoms with van der Waals surface area (Å²) in [5.41, 5.74) is 5.62. The Morgan fingerprint density at radius 2 is 1.50 bits per heavy atom. The van der Waals surface area contributed by atoms with Crippen molar-refractivity contribution in [3.05, 3.63) is 84.8 Å². The molecule has 0 bridgehead atoms. The van der Waals surface area contributed by atoms with Crippen molar-refractivity contribution in [1.82, 2.24) is 9.97 Å². The molecule has 3 N–H and O–H groups in total. The van der Waals surface area contributed by atoms with E-state index in [4.69, 9.17) is 0 Å². The summed E-state index contributed by atoms with van der Waals surface area (Å²) in [6.45, 7) is 0.793. The second kappa shape index (κ2) is 6.46. The predicted molar refractivity (Wildman–Crippen MR) is 99.6 cm³/mol. The number of aromatic amines is 1. The Labute approximate surface area is 140 Å². The summed E-state index contributed by atoms with van der Waals surface area (Å²) in [5, 5.41) is 8.09. The van der Waals surface area contributed by atoms with Crippen LogP contribution in [0.3, 0.4) is 0 Å². The summed E-state index contributed by atoms with van der Waals surface area (Å²) >= 11 is 0. The number of pyridine rings is 1. The zero-order valence-electron chi connectivity index (χ0n) is 13.2. The van der Waals surface area contributed by atoms with Gasteiger partial charge in [-0.15, -0.1) is 0 Å². The van der Waals surface area contributed by atoms with Gasteiger partial charge in [0.05, 0.1) is 0 Å². The van der Waals surface area contributed by atoms with Gasteiger partial charge in [0.1, 0.15) is 0 Å². The lowest BCUT2D eigenvalue weighted by atomic mass is 10.1. The molecule has 4 nitrogen and oxygen atoms in total. The molecule has 0 fully saturated rings. The van der Waals surface area contributed by atoms with Gasteiger partial charge in [0.25, 0.3) is 0 Å². The highest BCUT2D eigenvalue weighted by atomic mass is 14.9. The molecule has 4 heteroatoms. The van der Waals surface area contributed by atoms with E-state index < -0.39 is 0 Å². The van der Waals surface area contributed by atoms with Crippen LogP contribution in [0.2, 0.25) is 0 Å². The van der Waals surface area contributed by atoms with E-state index in [1.807, 2.05) is 18.2 Å². The van der Waals surface area contributed by atoms with Crippen LogP contribution in [0.5, 0.6) is 0 Å². The molecule has 0 aliphatic heterocycles.